The highest BCUT2D eigenvalue weighted by atomic mass is 19.1. The van der Waals surface area contributed by atoms with Gasteiger partial charge in [0.2, 0.25) is 11.8 Å². The number of oxazole rings is 1. The number of amides is 1. The lowest BCUT2D eigenvalue weighted by atomic mass is 10.2. The number of carbonyl (C=O) groups is 1. The number of ether oxygens (including phenoxy) is 1. The van der Waals surface area contributed by atoms with Crippen LogP contribution in [0.1, 0.15) is 24.8 Å². The molecule has 0 spiro atoms. The number of hydrogen-bond donors (Lipinski definition) is 1. The molecule has 1 aromatic carbocycles. The van der Waals surface area contributed by atoms with Crippen molar-refractivity contribution in [3.8, 4) is 17.2 Å². The van der Waals surface area contributed by atoms with E-state index < -0.39 is 5.82 Å². The van der Waals surface area contributed by atoms with E-state index in [9.17, 15) is 9.18 Å². The normalized spacial score (nSPS) is 17.7. The minimum Gasteiger partial charge on any atom is -0.497 e. The summed E-state index contributed by atoms with van der Waals surface area (Å²) in [5.41, 5.74) is 1.06. The molecule has 25 heavy (non-hydrogen) atoms. The van der Waals surface area contributed by atoms with Gasteiger partial charge in [-0.05, 0) is 31.5 Å². The average molecular weight is 347 g/mol. The SMILES string of the molecule is COc1ccc(F)c(-c2nc(CN3CCC(NC(C)=O)C3)c(C)o2)c1. The van der Waals surface area contributed by atoms with Gasteiger partial charge in [-0.3, -0.25) is 9.69 Å². The fourth-order valence-electron chi connectivity index (χ4n) is 3.08. The van der Waals surface area contributed by atoms with E-state index in [1.807, 2.05) is 6.92 Å². The third-order valence-electron chi connectivity index (χ3n) is 4.35. The van der Waals surface area contributed by atoms with E-state index in [4.69, 9.17) is 9.15 Å². The second-order valence-corrected chi connectivity index (χ2v) is 6.29. The summed E-state index contributed by atoms with van der Waals surface area (Å²) in [4.78, 5) is 17.8. The maximum absolute atomic E-state index is 14.1. The van der Waals surface area contributed by atoms with Crippen molar-refractivity contribution in [3.05, 3.63) is 35.5 Å². The molecule has 1 N–H and O–H groups in total. The summed E-state index contributed by atoms with van der Waals surface area (Å²) >= 11 is 0. The molecule has 1 aromatic heterocycles. The van der Waals surface area contributed by atoms with Crippen LogP contribution in [-0.2, 0) is 11.3 Å². The monoisotopic (exact) mass is 347 g/mol. The van der Waals surface area contributed by atoms with E-state index in [0.29, 0.717) is 18.1 Å². The number of rotatable bonds is 5. The molecule has 1 aliphatic rings. The fraction of sp³-hybridized carbons (Fsp3) is 0.444. The molecule has 1 unspecified atom stereocenters. The van der Waals surface area contributed by atoms with Crippen molar-refractivity contribution in [1.82, 2.24) is 15.2 Å². The van der Waals surface area contributed by atoms with Gasteiger partial charge in [-0.2, -0.15) is 0 Å². The number of carbonyl (C=O) groups excluding carboxylic acids is 1. The second-order valence-electron chi connectivity index (χ2n) is 6.29. The molecule has 1 fully saturated rings. The molecule has 1 saturated heterocycles. The lowest BCUT2D eigenvalue weighted by Crippen LogP contribution is -2.35. The minimum atomic E-state index is -0.402. The Balaban J connectivity index is 1.74. The van der Waals surface area contributed by atoms with Crippen molar-refractivity contribution >= 4 is 5.91 Å². The van der Waals surface area contributed by atoms with Crippen molar-refractivity contribution in [2.75, 3.05) is 20.2 Å². The third kappa shape index (κ3) is 3.99. The van der Waals surface area contributed by atoms with Crippen LogP contribution in [0.2, 0.25) is 0 Å². The Morgan fingerprint density at radius 3 is 3.04 bits per heavy atom. The average Bonchev–Trinajstić information content (AvgIpc) is 3.15. The summed E-state index contributed by atoms with van der Waals surface area (Å²) < 4.78 is 24.9. The number of benzene rings is 1. The van der Waals surface area contributed by atoms with Gasteiger partial charge in [-0.1, -0.05) is 0 Å². The van der Waals surface area contributed by atoms with Gasteiger partial charge in [-0.25, -0.2) is 9.37 Å². The van der Waals surface area contributed by atoms with Gasteiger partial charge in [0.15, 0.2) is 0 Å². The Morgan fingerprint density at radius 2 is 2.32 bits per heavy atom. The summed E-state index contributed by atoms with van der Waals surface area (Å²) in [6, 6.07) is 4.64. The van der Waals surface area contributed by atoms with Crippen LogP contribution in [0.3, 0.4) is 0 Å². The molecule has 134 valence electrons. The Labute approximate surface area is 146 Å². The highest BCUT2D eigenvalue weighted by molar-refractivity contribution is 5.73. The van der Waals surface area contributed by atoms with Gasteiger partial charge in [0.05, 0.1) is 18.4 Å². The summed E-state index contributed by atoms with van der Waals surface area (Å²) in [5, 5.41) is 2.94. The molecule has 0 bridgehead atoms. The number of nitrogens with zero attached hydrogens (tertiary/aromatic N) is 2. The fourth-order valence-corrected chi connectivity index (χ4v) is 3.08. The predicted octanol–water partition coefficient (Wildman–Crippen LogP) is 2.51. The smallest absolute Gasteiger partial charge is 0.229 e. The number of aryl methyl sites for hydroxylation is 1. The highest BCUT2D eigenvalue weighted by Gasteiger charge is 2.25. The number of methoxy groups -OCH3 is 1. The summed E-state index contributed by atoms with van der Waals surface area (Å²) in [6.45, 7) is 5.61. The van der Waals surface area contributed by atoms with E-state index in [-0.39, 0.29) is 23.4 Å². The van der Waals surface area contributed by atoms with Crippen LogP contribution in [0.25, 0.3) is 11.5 Å². The van der Waals surface area contributed by atoms with Crippen molar-refractivity contribution in [2.24, 2.45) is 0 Å². The van der Waals surface area contributed by atoms with Crippen molar-refractivity contribution in [2.45, 2.75) is 32.9 Å². The first-order valence-corrected chi connectivity index (χ1v) is 8.26. The Bertz CT molecular complexity index is 775. The lowest BCUT2D eigenvalue weighted by Gasteiger charge is -2.15. The first kappa shape index (κ1) is 17.4. The van der Waals surface area contributed by atoms with Crippen LogP contribution >= 0.6 is 0 Å². The molecule has 1 atom stereocenters. The molecule has 2 heterocycles. The van der Waals surface area contributed by atoms with E-state index >= 15 is 0 Å². The number of nitrogens with one attached hydrogen (secondary N) is 1. The first-order chi connectivity index (χ1) is 12.0. The molecule has 0 radical (unpaired) electrons. The summed E-state index contributed by atoms with van der Waals surface area (Å²) in [5.74, 6) is 1.05. The number of halogens is 1. The standard InChI is InChI=1S/C18H22FN3O3/c1-11-17(10-22-7-6-13(9-22)20-12(2)23)21-18(25-11)15-8-14(24-3)4-5-16(15)19/h4-5,8,13H,6-7,9-10H2,1-3H3,(H,20,23). The zero-order valence-electron chi connectivity index (χ0n) is 14.6. The Hall–Kier alpha value is -2.41. The topological polar surface area (TPSA) is 67.6 Å². The summed E-state index contributed by atoms with van der Waals surface area (Å²) in [6.07, 6.45) is 0.911. The first-order valence-electron chi connectivity index (χ1n) is 8.26. The maximum atomic E-state index is 14.1. The van der Waals surface area contributed by atoms with Crippen LogP contribution < -0.4 is 10.1 Å². The third-order valence-corrected chi connectivity index (χ3v) is 4.35. The maximum Gasteiger partial charge on any atom is 0.229 e. The van der Waals surface area contributed by atoms with Gasteiger partial charge in [0.1, 0.15) is 17.3 Å². The number of hydrogen-bond acceptors (Lipinski definition) is 5. The molecule has 3 rings (SSSR count). The van der Waals surface area contributed by atoms with Crippen LogP contribution in [0.15, 0.2) is 22.6 Å². The molecule has 1 aliphatic heterocycles. The van der Waals surface area contributed by atoms with Gasteiger partial charge < -0.3 is 14.5 Å². The molecule has 0 saturated carbocycles. The van der Waals surface area contributed by atoms with Crippen molar-refractivity contribution in [1.29, 1.82) is 0 Å². The molecule has 1 amide bonds. The number of likely N-dealkylation sites (tertiary alicyclic amines) is 1. The zero-order chi connectivity index (χ0) is 18.0. The lowest BCUT2D eigenvalue weighted by molar-refractivity contribution is -0.119. The molecule has 7 heteroatoms. The van der Waals surface area contributed by atoms with Gasteiger partial charge in [-0.15, -0.1) is 0 Å². The zero-order valence-corrected chi connectivity index (χ0v) is 14.6. The molecular formula is C18H22FN3O3. The Morgan fingerprint density at radius 1 is 1.52 bits per heavy atom. The van der Waals surface area contributed by atoms with Gasteiger partial charge >= 0.3 is 0 Å². The van der Waals surface area contributed by atoms with Crippen LogP contribution in [-0.4, -0.2) is 42.0 Å². The van der Waals surface area contributed by atoms with E-state index in [1.165, 1.54) is 20.1 Å². The molecule has 2 aromatic rings. The second kappa shape index (κ2) is 7.23. The predicted molar refractivity (Wildman–Crippen MR) is 90.7 cm³/mol. The van der Waals surface area contributed by atoms with Crippen LogP contribution in [0.4, 0.5) is 4.39 Å². The van der Waals surface area contributed by atoms with Crippen LogP contribution in [0.5, 0.6) is 5.75 Å². The van der Waals surface area contributed by atoms with Crippen LogP contribution in [0, 0.1) is 12.7 Å². The van der Waals surface area contributed by atoms with Crippen molar-refractivity contribution < 1.29 is 18.3 Å². The van der Waals surface area contributed by atoms with Gasteiger partial charge in [0.25, 0.3) is 0 Å². The number of aromatic nitrogens is 1. The quantitative estimate of drug-likeness (QED) is 0.900. The molecule has 0 aliphatic carbocycles. The molecule has 6 nitrogen and oxygen atoms in total. The Kier molecular flexibility index (Phi) is 5.03. The highest BCUT2D eigenvalue weighted by Crippen LogP contribution is 2.28. The minimum absolute atomic E-state index is 0.0137. The summed E-state index contributed by atoms with van der Waals surface area (Å²) in [7, 11) is 1.53. The van der Waals surface area contributed by atoms with Crippen molar-refractivity contribution in [3.63, 3.8) is 0 Å². The largest absolute Gasteiger partial charge is 0.497 e. The van der Waals surface area contributed by atoms with E-state index in [1.54, 1.807) is 12.1 Å². The van der Waals surface area contributed by atoms with Gasteiger partial charge in [0, 0.05) is 32.6 Å². The van der Waals surface area contributed by atoms with E-state index in [2.05, 4.69) is 15.2 Å². The molecular weight excluding hydrogens is 325 g/mol. The van der Waals surface area contributed by atoms with E-state index in [0.717, 1.165) is 25.2 Å².